The molecule has 1 amide bonds. The molecule has 1 aliphatic heterocycles. The molecule has 0 radical (unpaired) electrons. The third-order valence-corrected chi connectivity index (χ3v) is 5.08. The fourth-order valence-corrected chi connectivity index (χ4v) is 3.62. The Hall–Kier alpha value is -2.71. The predicted molar refractivity (Wildman–Crippen MR) is 111 cm³/mol. The molecule has 0 aromatic heterocycles. The Balaban J connectivity index is 1.85. The Bertz CT molecular complexity index is 913. The van der Waals surface area contributed by atoms with E-state index in [2.05, 4.69) is 9.73 Å². The fourth-order valence-electron chi connectivity index (χ4n) is 2.60. The Morgan fingerprint density at radius 3 is 2.45 bits per heavy atom. The molecule has 1 aliphatic rings. The van der Waals surface area contributed by atoms with Crippen LogP contribution in [0.15, 0.2) is 58.4 Å². The first-order valence-electron chi connectivity index (χ1n) is 8.87. The van der Waals surface area contributed by atoms with Gasteiger partial charge in [-0.05, 0) is 54.6 Å². The second-order valence-corrected chi connectivity index (χ2v) is 7.25. The summed E-state index contributed by atoms with van der Waals surface area (Å²) in [6, 6.07) is 13.8. The van der Waals surface area contributed by atoms with Gasteiger partial charge in [0.05, 0.1) is 23.7 Å². The van der Waals surface area contributed by atoms with E-state index >= 15 is 0 Å². The van der Waals surface area contributed by atoms with Crippen molar-refractivity contribution in [3.8, 4) is 5.75 Å². The van der Waals surface area contributed by atoms with Gasteiger partial charge >= 0.3 is 6.61 Å². The molecule has 1 heterocycles. The number of carbonyl (C=O) groups is 1. The number of hydrogen-bond acceptors (Lipinski definition) is 5. The maximum Gasteiger partial charge on any atom is 0.387 e. The Kier molecular flexibility index (Phi) is 7.00. The standard InChI is InChI=1S/C21H20F2N2O3S/c1-14-3-7-16(8-4-14)24-21-25(11-12-27-2)19(26)18(29-21)13-15-5-9-17(10-6-15)28-20(22)23/h3-10,13,20H,11-12H2,1-2H3/b18-13+,24-21?. The van der Waals surface area contributed by atoms with Crippen LogP contribution in [0.5, 0.6) is 5.75 Å². The number of hydrogen-bond donors (Lipinski definition) is 0. The summed E-state index contributed by atoms with van der Waals surface area (Å²) in [5.74, 6) is -0.110. The molecule has 0 aliphatic carbocycles. The number of nitrogens with zero attached hydrogens (tertiary/aromatic N) is 2. The molecule has 0 N–H and O–H groups in total. The summed E-state index contributed by atoms with van der Waals surface area (Å²) < 4.78 is 34.0. The second kappa shape index (κ2) is 9.67. The van der Waals surface area contributed by atoms with Gasteiger partial charge in [0.2, 0.25) is 0 Å². The van der Waals surface area contributed by atoms with Crippen molar-refractivity contribution in [2.75, 3.05) is 20.3 Å². The summed E-state index contributed by atoms with van der Waals surface area (Å²) in [6.45, 7) is -0.118. The van der Waals surface area contributed by atoms with E-state index in [1.54, 1.807) is 30.2 Å². The molecule has 152 valence electrons. The number of ether oxygens (including phenoxy) is 2. The van der Waals surface area contributed by atoms with Crippen molar-refractivity contribution in [1.29, 1.82) is 0 Å². The second-order valence-electron chi connectivity index (χ2n) is 6.24. The van der Waals surface area contributed by atoms with Crippen LogP contribution in [0.3, 0.4) is 0 Å². The third-order valence-electron chi connectivity index (χ3n) is 4.07. The van der Waals surface area contributed by atoms with E-state index in [-0.39, 0.29) is 11.7 Å². The zero-order valence-electron chi connectivity index (χ0n) is 16.0. The fraction of sp³-hybridized carbons (Fsp3) is 0.238. The quantitative estimate of drug-likeness (QED) is 0.604. The lowest BCUT2D eigenvalue weighted by atomic mass is 10.2. The van der Waals surface area contributed by atoms with Gasteiger partial charge in [-0.1, -0.05) is 29.8 Å². The molecule has 2 aromatic carbocycles. The minimum absolute atomic E-state index is 0.0656. The number of rotatable bonds is 7. The molecule has 1 saturated heterocycles. The molecule has 0 unspecified atom stereocenters. The number of aliphatic imine (C=N–C) groups is 1. The highest BCUT2D eigenvalue weighted by molar-refractivity contribution is 8.18. The lowest BCUT2D eigenvalue weighted by molar-refractivity contribution is -0.122. The van der Waals surface area contributed by atoms with Gasteiger partial charge in [0, 0.05) is 7.11 Å². The van der Waals surface area contributed by atoms with Gasteiger partial charge in [-0.15, -0.1) is 0 Å². The molecule has 0 spiro atoms. The number of amidine groups is 1. The summed E-state index contributed by atoms with van der Waals surface area (Å²) in [4.78, 5) is 19.5. The SMILES string of the molecule is COCCN1C(=O)/C(=C\c2ccc(OC(F)F)cc2)SC1=Nc1ccc(C)cc1. The molecule has 2 aromatic rings. The van der Waals surface area contributed by atoms with E-state index in [1.165, 1.54) is 23.9 Å². The lowest BCUT2D eigenvalue weighted by Gasteiger charge is -2.14. The monoisotopic (exact) mass is 418 g/mol. The Morgan fingerprint density at radius 2 is 1.83 bits per heavy atom. The number of amides is 1. The molecule has 0 bridgehead atoms. The van der Waals surface area contributed by atoms with Crippen LogP contribution < -0.4 is 4.74 Å². The number of halogens is 2. The van der Waals surface area contributed by atoms with Gasteiger partial charge in [0.15, 0.2) is 5.17 Å². The zero-order valence-corrected chi connectivity index (χ0v) is 16.8. The molecular weight excluding hydrogens is 398 g/mol. The summed E-state index contributed by atoms with van der Waals surface area (Å²) in [6.07, 6.45) is 1.70. The maximum atomic E-state index is 12.9. The minimum Gasteiger partial charge on any atom is -0.435 e. The van der Waals surface area contributed by atoms with Gasteiger partial charge in [-0.3, -0.25) is 9.69 Å². The van der Waals surface area contributed by atoms with Crippen molar-refractivity contribution >= 4 is 34.6 Å². The number of aryl methyl sites for hydroxylation is 1. The van der Waals surface area contributed by atoms with Gasteiger partial charge < -0.3 is 9.47 Å². The summed E-state index contributed by atoms with van der Waals surface area (Å²) in [5.41, 5.74) is 2.58. The average molecular weight is 418 g/mol. The van der Waals surface area contributed by atoms with Crippen molar-refractivity contribution in [3.05, 3.63) is 64.6 Å². The largest absolute Gasteiger partial charge is 0.435 e. The number of carbonyl (C=O) groups excluding carboxylic acids is 1. The molecule has 3 rings (SSSR count). The van der Waals surface area contributed by atoms with Crippen LogP contribution in [-0.4, -0.2) is 42.8 Å². The predicted octanol–water partition coefficient (Wildman–Crippen LogP) is 4.85. The first kappa shape index (κ1) is 21.0. The molecule has 5 nitrogen and oxygen atoms in total. The maximum absolute atomic E-state index is 12.9. The summed E-state index contributed by atoms with van der Waals surface area (Å²) in [5, 5.41) is 0.569. The van der Waals surface area contributed by atoms with E-state index in [0.717, 1.165) is 11.3 Å². The van der Waals surface area contributed by atoms with E-state index in [0.29, 0.717) is 28.8 Å². The first-order valence-corrected chi connectivity index (χ1v) is 9.68. The van der Waals surface area contributed by atoms with Crippen LogP contribution in [-0.2, 0) is 9.53 Å². The Labute approximate surface area is 172 Å². The van der Waals surface area contributed by atoms with Gasteiger partial charge in [-0.2, -0.15) is 8.78 Å². The van der Waals surface area contributed by atoms with Gasteiger partial charge in [-0.25, -0.2) is 4.99 Å². The van der Waals surface area contributed by atoms with E-state index in [9.17, 15) is 13.6 Å². The van der Waals surface area contributed by atoms with Crippen LogP contribution in [0, 0.1) is 6.92 Å². The zero-order chi connectivity index (χ0) is 20.8. The normalized spacial score (nSPS) is 17.0. The van der Waals surface area contributed by atoms with Crippen molar-refractivity contribution in [3.63, 3.8) is 0 Å². The van der Waals surface area contributed by atoms with Crippen molar-refractivity contribution in [1.82, 2.24) is 4.90 Å². The highest BCUT2D eigenvalue weighted by Crippen LogP contribution is 2.34. The number of thioether (sulfide) groups is 1. The van der Waals surface area contributed by atoms with Gasteiger partial charge in [0.25, 0.3) is 5.91 Å². The third kappa shape index (κ3) is 5.65. The molecule has 0 atom stereocenters. The molecule has 1 fully saturated rings. The van der Waals surface area contributed by atoms with Crippen molar-refractivity contribution < 1.29 is 23.0 Å². The highest BCUT2D eigenvalue weighted by Gasteiger charge is 2.33. The Morgan fingerprint density at radius 1 is 1.14 bits per heavy atom. The number of alkyl halides is 2. The smallest absolute Gasteiger partial charge is 0.387 e. The molecule has 29 heavy (non-hydrogen) atoms. The summed E-state index contributed by atoms with van der Waals surface area (Å²) >= 11 is 1.27. The average Bonchev–Trinajstić information content (AvgIpc) is 2.97. The summed E-state index contributed by atoms with van der Waals surface area (Å²) in [7, 11) is 1.57. The van der Waals surface area contributed by atoms with Crippen LogP contribution in [0.1, 0.15) is 11.1 Å². The first-order chi connectivity index (χ1) is 14.0. The molecular formula is C21H20F2N2O3S. The van der Waals surface area contributed by atoms with Crippen molar-refractivity contribution in [2.45, 2.75) is 13.5 Å². The lowest BCUT2D eigenvalue weighted by Crippen LogP contribution is -2.32. The highest BCUT2D eigenvalue weighted by atomic mass is 32.2. The topological polar surface area (TPSA) is 51.1 Å². The van der Waals surface area contributed by atoms with Crippen LogP contribution in [0.25, 0.3) is 6.08 Å². The van der Waals surface area contributed by atoms with E-state index in [4.69, 9.17) is 4.74 Å². The molecule has 0 saturated carbocycles. The van der Waals surface area contributed by atoms with Crippen LogP contribution in [0.4, 0.5) is 14.5 Å². The number of methoxy groups -OCH3 is 1. The van der Waals surface area contributed by atoms with Crippen LogP contribution in [0.2, 0.25) is 0 Å². The van der Waals surface area contributed by atoms with E-state index in [1.807, 2.05) is 31.2 Å². The number of benzene rings is 2. The van der Waals surface area contributed by atoms with Crippen LogP contribution >= 0.6 is 11.8 Å². The minimum atomic E-state index is -2.87. The van der Waals surface area contributed by atoms with Gasteiger partial charge in [0.1, 0.15) is 5.75 Å². The van der Waals surface area contributed by atoms with E-state index < -0.39 is 6.61 Å². The molecule has 8 heteroatoms. The van der Waals surface area contributed by atoms with Crippen molar-refractivity contribution in [2.24, 2.45) is 4.99 Å².